The third-order valence-electron chi connectivity index (χ3n) is 3.05. The molecule has 0 bridgehead atoms. The zero-order chi connectivity index (χ0) is 14.1. The van der Waals surface area contributed by atoms with Crippen molar-refractivity contribution >= 4 is 38.8 Å². The zero-order valence-corrected chi connectivity index (χ0v) is 12.4. The number of hydrogen-bond acceptors (Lipinski definition) is 4. The Morgan fingerprint density at radius 2 is 2.15 bits per heavy atom. The molecule has 0 saturated carbocycles. The van der Waals surface area contributed by atoms with Gasteiger partial charge in [-0.1, -0.05) is 23.7 Å². The first-order chi connectivity index (χ1) is 9.63. The Hall–Kier alpha value is -1.78. The number of nitrogens with zero attached hydrogens (tertiary/aromatic N) is 1. The largest absolute Gasteiger partial charge is 0.506 e. The number of aromatic hydroxyl groups is 1. The van der Waals surface area contributed by atoms with Crippen LogP contribution in [0.15, 0.2) is 36.4 Å². The monoisotopic (exact) mass is 304 g/mol. The van der Waals surface area contributed by atoms with E-state index in [4.69, 9.17) is 11.6 Å². The van der Waals surface area contributed by atoms with Gasteiger partial charge in [-0.15, -0.1) is 11.3 Å². The fourth-order valence-electron chi connectivity index (χ4n) is 2.05. The highest BCUT2D eigenvalue weighted by molar-refractivity contribution is 7.18. The van der Waals surface area contributed by atoms with Crippen molar-refractivity contribution in [3.05, 3.63) is 52.0 Å². The fraction of sp³-hybridized carbons (Fsp3) is 0.133. The summed E-state index contributed by atoms with van der Waals surface area (Å²) in [6, 6.07) is 11.4. The average Bonchev–Trinajstić information content (AvgIpc) is 2.79. The molecule has 0 radical (unpaired) electrons. The lowest BCUT2D eigenvalue weighted by Crippen LogP contribution is -1.99. The van der Waals surface area contributed by atoms with Crippen molar-refractivity contribution in [3.63, 3.8) is 0 Å². The van der Waals surface area contributed by atoms with Crippen LogP contribution in [0.5, 0.6) is 5.75 Å². The summed E-state index contributed by atoms with van der Waals surface area (Å²) < 4.78 is 1.16. The molecule has 0 aliphatic carbocycles. The Morgan fingerprint density at radius 1 is 1.30 bits per heavy atom. The van der Waals surface area contributed by atoms with Gasteiger partial charge < -0.3 is 10.4 Å². The lowest BCUT2D eigenvalue weighted by Gasteiger charge is -2.09. The summed E-state index contributed by atoms with van der Waals surface area (Å²) in [7, 11) is 0. The highest BCUT2D eigenvalue weighted by Crippen LogP contribution is 2.28. The number of benzene rings is 2. The molecule has 2 aromatic carbocycles. The van der Waals surface area contributed by atoms with E-state index >= 15 is 0 Å². The van der Waals surface area contributed by atoms with E-state index in [9.17, 15) is 5.11 Å². The van der Waals surface area contributed by atoms with Crippen LogP contribution in [0.4, 0.5) is 5.69 Å². The number of rotatable bonds is 3. The van der Waals surface area contributed by atoms with E-state index in [1.54, 1.807) is 17.4 Å². The van der Waals surface area contributed by atoms with Gasteiger partial charge in [0.1, 0.15) is 5.75 Å². The van der Waals surface area contributed by atoms with Crippen LogP contribution in [0.2, 0.25) is 5.02 Å². The molecule has 1 aromatic heterocycles. The van der Waals surface area contributed by atoms with Gasteiger partial charge in [-0.25, -0.2) is 4.98 Å². The molecule has 3 nitrogen and oxygen atoms in total. The van der Waals surface area contributed by atoms with Crippen molar-refractivity contribution in [1.82, 2.24) is 4.98 Å². The Morgan fingerprint density at radius 3 is 3.00 bits per heavy atom. The number of hydrogen-bond donors (Lipinski definition) is 2. The summed E-state index contributed by atoms with van der Waals surface area (Å²) in [5, 5.41) is 14.6. The molecule has 20 heavy (non-hydrogen) atoms. The molecule has 0 amide bonds. The lowest BCUT2D eigenvalue weighted by molar-refractivity contribution is 0.469. The van der Waals surface area contributed by atoms with Crippen LogP contribution in [-0.4, -0.2) is 10.1 Å². The van der Waals surface area contributed by atoms with E-state index in [1.807, 2.05) is 31.2 Å². The van der Waals surface area contributed by atoms with Crippen molar-refractivity contribution in [3.8, 4) is 5.75 Å². The highest BCUT2D eigenvalue weighted by atomic mass is 35.5. The summed E-state index contributed by atoms with van der Waals surface area (Å²) in [6.45, 7) is 2.53. The molecule has 5 heteroatoms. The van der Waals surface area contributed by atoms with Gasteiger partial charge in [0.05, 0.1) is 20.2 Å². The first-order valence-electron chi connectivity index (χ1n) is 6.21. The molecule has 0 fully saturated rings. The fourth-order valence-corrected chi connectivity index (χ4v) is 3.11. The highest BCUT2D eigenvalue weighted by Gasteiger charge is 2.06. The molecule has 0 atom stereocenters. The standard InChI is InChI=1S/C15H13ClN2OS/c1-9-18-13-6-5-11(7-14(13)20-9)17-8-10-3-2-4-12(16)15(10)19/h2-7,17,19H,8H2,1H3. The number of anilines is 1. The Labute approximate surface area is 125 Å². The molecule has 0 spiro atoms. The van der Waals surface area contributed by atoms with E-state index in [0.717, 1.165) is 26.5 Å². The number of aromatic nitrogens is 1. The predicted molar refractivity (Wildman–Crippen MR) is 84.8 cm³/mol. The van der Waals surface area contributed by atoms with Gasteiger partial charge in [0.15, 0.2) is 0 Å². The van der Waals surface area contributed by atoms with Gasteiger partial charge in [0, 0.05) is 17.8 Å². The predicted octanol–water partition coefficient (Wildman–Crippen LogP) is 4.58. The second kappa shape index (κ2) is 5.31. The number of fused-ring (bicyclic) bond motifs is 1. The first-order valence-corrected chi connectivity index (χ1v) is 7.40. The molecule has 2 N–H and O–H groups in total. The second-order valence-corrected chi connectivity index (χ2v) is 6.16. The molecule has 0 aliphatic heterocycles. The maximum Gasteiger partial charge on any atom is 0.139 e. The molecule has 3 aromatic rings. The topological polar surface area (TPSA) is 45.2 Å². The van der Waals surface area contributed by atoms with E-state index < -0.39 is 0 Å². The number of nitrogens with one attached hydrogen (secondary N) is 1. The molecular weight excluding hydrogens is 292 g/mol. The summed E-state index contributed by atoms with van der Waals surface area (Å²) in [4.78, 5) is 4.43. The van der Waals surface area contributed by atoms with Crippen molar-refractivity contribution in [2.75, 3.05) is 5.32 Å². The Balaban J connectivity index is 1.81. The maximum absolute atomic E-state index is 9.87. The summed E-state index contributed by atoms with van der Waals surface area (Å²) in [6.07, 6.45) is 0. The summed E-state index contributed by atoms with van der Waals surface area (Å²) >= 11 is 7.56. The van der Waals surface area contributed by atoms with Crippen LogP contribution in [0.3, 0.4) is 0 Å². The van der Waals surface area contributed by atoms with Crippen molar-refractivity contribution < 1.29 is 5.11 Å². The van der Waals surface area contributed by atoms with E-state index in [1.165, 1.54) is 0 Å². The first kappa shape index (κ1) is 13.2. The average molecular weight is 305 g/mol. The number of para-hydroxylation sites is 1. The number of aryl methyl sites for hydroxylation is 1. The molecule has 0 saturated heterocycles. The molecular formula is C15H13ClN2OS. The molecule has 0 unspecified atom stereocenters. The molecule has 102 valence electrons. The number of halogens is 1. The quantitative estimate of drug-likeness (QED) is 0.744. The Bertz CT molecular complexity index is 770. The van der Waals surface area contributed by atoms with Crippen LogP contribution >= 0.6 is 22.9 Å². The summed E-state index contributed by atoms with van der Waals surface area (Å²) in [5.74, 6) is 0.136. The van der Waals surface area contributed by atoms with Gasteiger partial charge >= 0.3 is 0 Å². The molecule has 3 rings (SSSR count). The normalized spacial score (nSPS) is 10.9. The van der Waals surface area contributed by atoms with Crippen molar-refractivity contribution in [1.29, 1.82) is 0 Å². The minimum atomic E-state index is 0.136. The van der Waals surface area contributed by atoms with Gasteiger partial charge in [0.2, 0.25) is 0 Å². The number of thiazole rings is 1. The van der Waals surface area contributed by atoms with E-state index in [0.29, 0.717) is 11.6 Å². The van der Waals surface area contributed by atoms with Crippen molar-refractivity contribution in [2.24, 2.45) is 0 Å². The van der Waals surface area contributed by atoms with Gasteiger partial charge in [0.25, 0.3) is 0 Å². The van der Waals surface area contributed by atoms with Gasteiger partial charge in [-0.05, 0) is 31.2 Å². The van der Waals surface area contributed by atoms with Crippen molar-refractivity contribution in [2.45, 2.75) is 13.5 Å². The van der Waals surface area contributed by atoms with Gasteiger partial charge in [-0.2, -0.15) is 0 Å². The number of phenolic OH excluding ortho intramolecular Hbond substituents is 1. The van der Waals surface area contributed by atoms with Crippen LogP contribution in [0.25, 0.3) is 10.2 Å². The third kappa shape index (κ3) is 2.57. The minimum Gasteiger partial charge on any atom is -0.506 e. The smallest absolute Gasteiger partial charge is 0.139 e. The minimum absolute atomic E-state index is 0.136. The van der Waals surface area contributed by atoms with Crippen LogP contribution < -0.4 is 5.32 Å². The zero-order valence-electron chi connectivity index (χ0n) is 10.9. The summed E-state index contributed by atoms with van der Waals surface area (Å²) in [5.41, 5.74) is 2.79. The SMILES string of the molecule is Cc1nc2ccc(NCc3cccc(Cl)c3O)cc2s1. The van der Waals surface area contributed by atoms with E-state index in [2.05, 4.69) is 16.4 Å². The van der Waals surface area contributed by atoms with Crippen LogP contribution in [-0.2, 0) is 6.54 Å². The van der Waals surface area contributed by atoms with Gasteiger partial charge in [-0.3, -0.25) is 0 Å². The number of phenols is 1. The maximum atomic E-state index is 9.87. The van der Waals surface area contributed by atoms with Crippen LogP contribution in [0, 0.1) is 6.92 Å². The lowest BCUT2D eigenvalue weighted by atomic mass is 10.2. The second-order valence-electron chi connectivity index (χ2n) is 4.52. The van der Waals surface area contributed by atoms with Crippen LogP contribution in [0.1, 0.15) is 10.6 Å². The Kier molecular flexibility index (Phi) is 3.51. The third-order valence-corrected chi connectivity index (χ3v) is 4.29. The van der Waals surface area contributed by atoms with E-state index in [-0.39, 0.29) is 5.75 Å². The molecule has 0 aliphatic rings. The molecule has 1 heterocycles.